The van der Waals surface area contributed by atoms with E-state index >= 15 is 0 Å². The smallest absolute Gasteiger partial charge is 0.335 e. The molecular formula is C19H21NO3. The van der Waals surface area contributed by atoms with Crippen molar-refractivity contribution < 1.29 is 14.7 Å². The van der Waals surface area contributed by atoms with E-state index in [0.29, 0.717) is 12.1 Å². The van der Waals surface area contributed by atoms with E-state index in [9.17, 15) is 14.7 Å². The van der Waals surface area contributed by atoms with Gasteiger partial charge in [0.2, 0.25) is 5.91 Å². The molecule has 0 heterocycles. The predicted molar refractivity (Wildman–Crippen MR) is 89.6 cm³/mol. The van der Waals surface area contributed by atoms with Gasteiger partial charge in [0.25, 0.3) is 0 Å². The van der Waals surface area contributed by atoms with Gasteiger partial charge in [-0.1, -0.05) is 55.5 Å². The summed E-state index contributed by atoms with van der Waals surface area (Å²) in [5.74, 6) is -0.866. The quantitative estimate of drug-likeness (QED) is 0.891. The van der Waals surface area contributed by atoms with Crippen molar-refractivity contribution in [3.05, 3.63) is 71.3 Å². The average molecular weight is 311 g/mol. The minimum atomic E-state index is -1.01. The summed E-state index contributed by atoms with van der Waals surface area (Å²) in [7, 11) is 1.76. The summed E-state index contributed by atoms with van der Waals surface area (Å²) < 4.78 is 0. The number of nitrogens with zero attached hydrogens (tertiary/aromatic N) is 1. The van der Waals surface area contributed by atoms with E-state index in [-0.39, 0.29) is 23.8 Å². The molecule has 1 amide bonds. The summed E-state index contributed by atoms with van der Waals surface area (Å²) >= 11 is 0. The van der Waals surface area contributed by atoms with Gasteiger partial charge in [-0.25, -0.2) is 4.79 Å². The molecule has 0 fully saturated rings. The van der Waals surface area contributed by atoms with Gasteiger partial charge in [-0.3, -0.25) is 4.79 Å². The van der Waals surface area contributed by atoms with Gasteiger partial charge in [0, 0.05) is 13.6 Å². The van der Waals surface area contributed by atoms with Gasteiger partial charge in [0.05, 0.1) is 12.0 Å². The molecule has 0 aliphatic rings. The Balaban J connectivity index is 2.02. The van der Waals surface area contributed by atoms with Crippen LogP contribution in [0.15, 0.2) is 54.6 Å². The van der Waals surface area contributed by atoms with E-state index in [2.05, 4.69) is 6.92 Å². The summed E-state index contributed by atoms with van der Waals surface area (Å²) in [6.45, 7) is 2.67. The summed E-state index contributed by atoms with van der Waals surface area (Å²) in [5, 5.41) is 9.19. The van der Waals surface area contributed by atoms with E-state index in [1.54, 1.807) is 30.1 Å². The lowest BCUT2D eigenvalue weighted by Gasteiger charge is -2.22. The number of carboxylic acid groups (broad SMARTS) is 1. The highest BCUT2D eigenvalue weighted by Gasteiger charge is 2.17. The molecule has 0 saturated heterocycles. The fourth-order valence-electron chi connectivity index (χ4n) is 2.58. The van der Waals surface area contributed by atoms with E-state index in [1.807, 2.05) is 30.3 Å². The predicted octanol–water partition coefficient (Wildman–Crippen LogP) is 3.19. The van der Waals surface area contributed by atoms with E-state index < -0.39 is 5.97 Å². The maximum absolute atomic E-state index is 12.4. The molecule has 0 aliphatic heterocycles. The first-order chi connectivity index (χ1) is 11.0. The first-order valence-electron chi connectivity index (χ1n) is 7.59. The van der Waals surface area contributed by atoms with Crippen molar-refractivity contribution in [3.63, 3.8) is 0 Å². The zero-order chi connectivity index (χ0) is 16.8. The van der Waals surface area contributed by atoms with Gasteiger partial charge in [0.15, 0.2) is 0 Å². The number of carbonyl (C=O) groups is 2. The Morgan fingerprint density at radius 3 is 2.30 bits per heavy atom. The molecule has 0 aliphatic carbocycles. The van der Waals surface area contributed by atoms with Crippen LogP contribution in [0.2, 0.25) is 0 Å². The highest BCUT2D eigenvalue weighted by Crippen LogP contribution is 2.17. The van der Waals surface area contributed by atoms with Crippen LogP contribution < -0.4 is 0 Å². The molecule has 4 heteroatoms. The van der Waals surface area contributed by atoms with Crippen LogP contribution in [0.1, 0.15) is 34.3 Å². The van der Waals surface area contributed by atoms with Gasteiger partial charge in [-0.2, -0.15) is 0 Å². The number of benzene rings is 2. The summed E-state index contributed by atoms with van der Waals surface area (Å²) in [5.41, 5.74) is 1.91. The normalized spacial score (nSPS) is 11.7. The second kappa shape index (κ2) is 7.58. The van der Waals surface area contributed by atoms with Gasteiger partial charge in [-0.15, -0.1) is 0 Å². The molecule has 120 valence electrons. The maximum atomic E-state index is 12.4. The largest absolute Gasteiger partial charge is 0.478 e. The standard InChI is InChI=1S/C19H21NO3/c1-14(15-8-4-3-5-9-15)13-20(2)18(21)12-16-10-6-7-11-17(16)19(22)23/h3-11,14H,12-13H2,1-2H3,(H,22,23). The molecule has 0 spiro atoms. The number of amides is 1. The lowest BCUT2D eigenvalue weighted by molar-refractivity contribution is -0.129. The van der Waals surface area contributed by atoms with E-state index in [0.717, 1.165) is 0 Å². The molecule has 23 heavy (non-hydrogen) atoms. The van der Waals surface area contributed by atoms with Crippen molar-refractivity contribution in [2.24, 2.45) is 0 Å². The third-order valence-corrected chi connectivity index (χ3v) is 3.93. The first-order valence-corrected chi connectivity index (χ1v) is 7.59. The molecule has 1 N–H and O–H groups in total. The third kappa shape index (κ3) is 4.42. The van der Waals surface area contributed by atoms with Crippen molar-refractivity contribution in [3.8, 4) is 0 Å². The topological polar surface area (TPSA) is 57.6 Å². The van der Waals surface area contributed by atoms with Gasteiger partial charge >= 0.3 is 5.97 Å². The Hall–Kier alpha value is -2.62. The highest BCUT2D eigenvalue weighted by atomic mass is 16.4. The number of hydrogen-bond acceptors (Lipinski definition) is 2. The number of rotatable bonds is 6. The summed E-state index contributed by atoms with van der Waals surface area (Å²) in [4.78, 5) is 25.3. The molecule has 0 radical (unpaired) electrons. The Labute approximate surface area is 136 Å². The van der Waals surface area contributed by atoms with Crippen molar-refractivity contribution in [2.45, 2.75) is 19.3 Å². The minimum absolute atomic E-state index is 0.0820. The number of carbonyl (C=O) groups excluding carboxylic acids is 1. The number of aromatic carboxylic acids is 1. The Kier molecular flexibility index (Phi) is 5.52. The summed E-state index contributed by atoms with van der Waals surface area (Å²) in [6.07, 6.45) is 0.0977. The van der Waals surface area contributed by atoms with Crippen LogP contribution >= 0.6 is 0 Å². The van der Waals surface area contributed by atoms with Crippen LogP contribution in [0.3, 0.4) is 0 Å². The second-order valence-electron chi connectivity index (χ2n) is 5.73. The third-order valence-electron chi connectivity index (χ3n) is 3.93. The van der Waals surface area contributed by atoms with Crippen molar-refractivity contribution in [2.75, 3.05) is 13.6 Å². The Bertz CT molecular complexity index is 682. The fourth-order valence-corrected chi connectivity index (χ4v) is 2.58. The van der Waals surface area contributed by atoms with Gasteiger partial charge in [-0.05, 0) is 23.1 Å². The van der Waals surface area contributed by atoms with E-state index in [1.165, 1.54) is 11.6 Å². The lowest BCUT2D eigenvalue weighted by atomic mass is 10.00. The molecule has 0 saturated carbocycles. The highest BCUT2D eigenvalue weighted by molar-refractivity contribution is 5.91. The van der Waals surface area contributed by atoms with Crippen LogP contribution in [-0.2, 0) is 11.2 Å². The zero-order valence-corrected chi connectivity index (χ0v) is 13.4. The number of hydrogen-bond donors (Lipinski definition) is 1. The molecule has 0 bridgehead atoms. The van der Waals surface area contributed by atoms with Crippen molar-refractivity contribution >= 4 is 11.9 Å². The molecule has 0 aromatic heterocycles. The van der Waals surface area contributed by atoms with Gasteiger partial charge in [0.1, 0.15) is 0 Å². The minimum Gasteiger partial charge on any atom is -0.478 e. The fraction of sp³-hybridized carbons (Fsp3) is 0.263. The molecule has 1 atom stereocenters. The maximum Gasteiger partial charge on any atom is 0.335 e. The van der Waals surface area contributed by atoms with Gasteiger partial charge < -0.3 is 10.0 Å². The Morgan fingerprint density at radius 1 is 1.04 bits per heavy atom. The number of carboxylic acids is 1. The monoisotopic (exact) mass is 311 g/mol. The van der Waals surface area contributed by atoms with Crippen LogP contribution in [0.25, 0.3) is 0 Å². The van der Waals surface area contributed by atoms with Crippen LogP contribution in [0.4, 0.5) is 0 Å². The molecule has 1 unspecified atom stereocenters. The second-order valence-corrected chi connectivity index (χ2v) is 5.73. The van der Waals surface area contributed by atoms with E-state index in [4.69, 9.17) is 0 Å². The van der Waals surface area contributed by atoms with Crippen molar-refractivity contribution in [1.82, 2.24) is 4.90 Å². The molecular weight excluding hydrogens is 290 g/mol. The number of likely N-dealkylation sites (N-methyl/N-ethyl adjacent to an activating group) is 1. The first kappa shape index (κ1) is 16.7. The SMILES string of the molecule is CC(CN(C)C(=O)Cc1ccccc1C(=O)O)c1ccccc1. The van der Waals surface area contributed by atoms with Crippen LogP contribution in [0, 0.1) is 0 Å². The molecule has 4 nitrogen and oxygen atoms in total. The average Bonchev–Trinajstić information content (AvgIpc) is 2.55. The molecule has 2 rings (SSSR count). The molecule has 2 aromatic rings. The van der Waals surface area contributed by atoms with Crippen molar-refractivity contribution in [1.29, 1.82) is 0 Å². The van der Waals surface area contributed by atoms with Crippen LogP contribution in [0.5, 0.6) is 0 Å². The van der Waals surface area contributed by atoms with Crippen LogP contribution in [-0.4, -0.2) is 35.5 Å². The zero-order valence-electron chi connectivity index (χ0n) is 13.4. The Morgan fingerprint density at radius 2 is 1.65 bits per heavy atom. The molecule has 2 aromatic carbocycles. The lowest BCUT2D eigenvalue weighted by Crippen LogP contribution is -2.32. The summed E-state index contributed by atoms with van der Waals surface area (Å²) in [6, 6.07) is 16.7.